The topological polar surface area (TPSA) is 95.1 Å². The molecule has 8 nitrogen and oxygen atoms in total. The number of hydrogen-bond donors (Lipinski definition) is 2. The van der Waals surface area contributed by atoms with E-state index in [1.165, 1.54) is 0 Å². The van der Waals surface area contributed by atoms with Crippen molar-refractivity contribution >= 4 is 17.5 Å². The molecule has 1 fully saturated rings. The second-order valence-electron chi connectivity index (χ2n) is 9.15. The Labute approximate surface area is 223 Å². The normalized spacial score (nSPS) is 14.3. The number of methoxy groups -OCH3 is 3. The maximum absolute atomic E-state index is 13.5. The number of ether oxygens (including phenoxy) is 4. The molecule has 4 rings (SSSR count). The first-order chi connectivity index (χ1) is 18.5. The summed E-state index contributed by atoms with van der Waals surface area (Å²) in [6.07, 6.45) is 1.83. The van der Waals surface area contributed by atoms with Crippen LogP contribution in [0.25, 0.3) is 0 Å². The lowest BCUT2D eigenvalue weighted by atomic mass is 9.73. The predicted octanol–water partition coefficient (Wildman–Crippen LogP) is 4.37. The molecule has 1 saturated heterocycles. The van der Waals surface area contributed by atoms with Gasteiger partial charge in [0.15, 0.2) is 11.5 Å². The number of amides is 2. The third-order valence-corrected chi connectivity index (χ3v) is 6.98. The summed E-state index contributed by atoms with van der Waals surface area (Å²) in [7, 11) is 4.81. The molecule has 8 heteroatoms. The van der Waals surface area contributed by atoms with Gasteiger partial charge in [-0.3, -0.25) is 9.59 Å². The minimum Gasteiger partial charge on any atom is -0.497 e. The number of carbonyl (C=O) groups excluding carboxylic acids is 2. The number of hydrogen-bond acceptors (Lipinski definition) is 6. The molecule has 0 aromatic heterocycles. The van der Waals surface area contributed by atoms with Gasteiger partial charge in [0.2, 0.25) is 5.91 Å². The van der Waals surface area contributed by atoms with Crippen molar-refractivity contribution in [3.63, 3.8) is 0 Å². The maximum atomic E-state index is 13.5. The fourth-order valence-corrected chi connectivity index (χ4v) is 4.69. The number of nitrogens with one attached hydrogen (secondary N) is 2. The molecule has 3 aromatic rings. The van der Waals surface area contributed by atoms with Gasteiger partial charge < -0.3 is 29.6 Å². The summed E-state index contributed by atoms with van der Waals surface area (Å²) in [6.45, 7) is 1.50. The summed E-state index contributed by atoms with van der Waals surface area (Å²) in [5.41, 5.74) is 2.43. The first-order valence-electron chi connectivity index (χ1n) is 12.6. The summed E-state index contributed by atoms with van der Waals surface area (Å²) < 4.78 is 21.4. The second-order valence-corrected chi connectivity index (χ2v) is 9.15. The average Bonchev–Trinajstić information content (AvgIpc) is 2.97. The zero-order valence-corrected chi connectivity index (χ0v) is 22.0. The summed E-state index contributed by atoms with van der Waals surface area (Å²) in [5, 5.41) is 5.99. The fourth-order valence-electron chi connectivity index (χ4n) is 4.69. The zero-order valence-electron chi connectivity index (χ0n) is 22.0. The van der Waals surface area contributed by atoms with Crippen LogP contribution in [0.2, 0.25) is 0 Å². The van der Waals surface area contributed by atoms with Crippen molar-refractivity contribution in [1.29, 1.82) is 0 Å². The molecule has 1 heterocycles. The van der Waals surface area contributed by atoms with Crippen molar-refractivity contribution < 1.29 is 28.5 Å². The molecule has 0 unspecified atom stereocenters. The van der Waals surface area contributed by atoms with Crippen LogP contribution < -0.4 is 24.8 Å². The molecule has 1 aliphatic rings. The molecule has 1 aliphatic heterocycles. The van der Waals surface area contributed by atoms with Gasteiger partial charge in [-0.1, -0.05) is 18.2 Å². The van der Waals surface area contributed by atoms with Gasteiger partial charge in [0, 0.05) is 31.0 Å². The van der Waals surface area contributed by atoms with E-state index >= 15 is 0 Å². The van der Waals surface area contributed by atoms with E-state index in [0.29, 0.717) is 61.8 Å². The number of benzene rings is 3. The van der Waals surface area contributed by atoms with E-state index in [-0.39, 0.29) is 11.8 Å². The molecule has 38 heavy (non-hydrogen) atoms. The molecular formula is C30H34N2O6. The molecule has 2 amide bonds. The first kappa shape index (κ1) is 27.0. The number of carbonyl (C=O) groups is 2. The Morgan fingerprint density at radius 2 is 1.53 bits per heavy atom. The monoisotopic (exact) mass is 518 g/mol. The largest absolute Gasteiger partial charge is 0.497 e. The molecule has 2 N–H and O–H groups in total. The van der Waals surface area contributed by atoms with Crippen LogP contribution in [0, 0.1) is 0 Å². The summed E-state index contributed by atoms with van der Waals surface area (Å²) in [6, 6.07) is 20.3. The number of rotatable bonds is 10. The van der Waals surface area contributed by atoms with Crippen LogP contribution >= 0.6 is 0 Å². The highest BCUT2D eigenvalue weighted by Gasteiger charge is 2.41. The standard InChI is InChI=1S/C30H34N2O6/c1-35-25-11-7-23(8-12-25)30(15-18-38-19-16-30)29(34)32-24-9-5-22(6-10-24)28(33)31-17-14-21-4-13-26(36-2)27(20-21)37-3/h4-13,20H,14-19H2,1-3H3,(H,31,33)(H,32,34). The summed E-state index contributed by atoms with van der Waals surface area (Å²) in [5.74, 6) is 1.80. The van der Waals surface area contributed by atoms with Crippen LogP contribution in [-0.4, -0.2) is 52.9 Å². The number of anilines is 1. The van der Waals surface area contributed by atoms with E-state index in [0.717, 1.165) is 16.9 Å². The Balaban J connectivity index is 1.36. The van der Waals surface area contributed by atoms with Gasteiger partial charge in [0.25, 0.3) is 5.91 Å². The van der Waals surface area contributed by atoms with Crippen LogP contribution in [0.4, 0.5) is 5.69 Å². The van der Waals surface area contributed by atoms with Crippen molar-refractivity contribution in [2.75, 3.05) is 46.4 Å². The van der Waals surface area contributed by atoms with Crippen LogP contribution in [-0.2, 0) is 21.4 Å². The van der Waals surface area contributed by atoms with Crippen LogP contribution in [0.5, 0.6) is 17.2 Å². The van der Waals surface area contributed by atoms with Gasteiger partial charge in [-0.05, 0) is 78.9 Å². The highest BCUT2D eigenvalue weighted by molar-refractivity contribution is 6.00. The van der Waals surface area contributed by atoms with Gasteiger partial charge in [-0.15, -0.1) is 0 Å². The minimum absolute atomic E-state index is 0.0851. The van der Waals surface area contributed by atoms with Crippen molar-refractivity contribution in [1.82, 2.24) is 5.32 Å². The second kappa shape index (κ2) is 12.5. The Hall–Kier alpha value is -4.04. The molecule has 0 spiro atoms. The van der Waals surface area contributed by atoms with Crippen molar-refractivity contribution in [3.05, 3.63) is 83.4 Å². The van der Waals surface area contributed by atoms with Crippen molar-refractivity contribution in [2.45, 2.75) is 24.7 Å². The van der Waals surface area contributed by atoms with Crippen LogP contribution in [0.3, 0.4) is 0 Å². The smallest absolute Gasteiger partial charge is 0.251 e. The van der Waals surface area contributed by atoms with E-state index in [2.05, 4.69) is 10.6 Å². The van der Waals surface area contributed by atoms with E-state index in [1.54, 1.807) is 45.6 Å². The highest BCUT2D eigenvalue weighted by atomic mass is 16.5. The van der Waals surface area contributed by atoms with Gasteiger partial charge in [-0.2, -0.15) is 0 Å². The van der Waals surface area contributed by atoms with Crippen LogP contribution in [0.15, 0.2) is 66.7 Å². The molecule has 3 aromatic carbocycles. The summed E-state index contributed by atoms with van der Waals surface area (Å²) in [4.78, 5) is 26.2. The van der Waals surface area contributed by atoms with Gasteiger partial charge in [0.05, 0.1) is 26.7 Å². The van der Waals surface area contributed by atoms with Crippen molar-refractivity contribution in [2.24, 2.45) is 0 Å². The lowest BCUT2D eigenvalue weighted by molar-refractivity contribution is -0.125. The minimum atomic E-state index is -0.690. The van der Waals surface area contributed by atoms with Gasteiger partial charge in [-0.25, -0.2) is 0 Å². The maximum Gasteiger partial charge on any atom is 0.251 e. The third kappa shape index (κ3) is 6.08. The Morgan fingerprint density at radius 3 is 2.16 bits per heavy atom. The van der Waals surface area contributed by atoms with Gasteiger partial charge in [0.1, 0.15) is 5.75 Å². The molecule has 0 radical (unpaired) electrons. The predicted molar refractivity (Wildman–Crippen MR) is 145 cm³/mol. The van der Waals surface area contributed by atoms with Gasteiger partial charge >= 0.3 is 0 Å². The molecule has 0 atom stereocenters. The quantitative estimate of drug-likeness (QED) is 0.414. The Bertz CT molecular complexity index is 1230. The Kier molecular flexibility index (Phi) is 8.86. The Morgan fingerprint density at radius 1 is 0.842 bits per heavy atom. The first-order valence-corrected chi connectivity index (χ1v) is 12.6. The lowest BCUT2D eigenvalue weighted by Gasteiger charge is -2.36. The SMILES string of the molecule is COc1ccc(C2(C(=O)Nc3ccc(C(=O)NCCc4ccc(OC)c(OC)c4)cc3)CCOCC2)cc1. The van der Waals surface area contributed by atoms with Crippen molar-refractivity contribution in [3.8, 4) is 17.2 Å². The third-order valence-electron chi connectivity index (χ3n) is 6.98. The molecule has 0 saturated carbocycles. The van der Waals surface area contributed by atoms with E-state index in [1.807, 2.05) is 42.5 Å². The fraction of sp³-hybridized carbons (Fsp3) is 0.333. The van der Waals surface area contributed by atoms with E-state index < -0.39 is 5.41 Å². The molecule has 200 valence electrons. The molecule has 0 aliphatic carbocycles. The van der Waals surface area contributed by atoms with Crippen LogP contribution in [0.1, 0.15) is 34.3 Å². The molecular weight excluding hydrogens is 484 g/mol. The van der Waals surface area contributed by atoms with E-state index in [4.69, 9.17) is 18.9 Å². The summed E-state index contributed by atoms with van der Waals surface area (Å²) >= 11 is 0. The molecule has 0 bridgehead atoms. The highest BCUT2D eigenvalue weighted by Crippen LogP contribution is 2.37. The average molecular weight is 519 g/mol. The zero-order chi connectivity index (χ0) is 27.0. The lowest BCUT2D eigenvalue weighted by Crippen LogP contribution is -2.44. The van der Waals surface area contributed by atoms with E-state index in [9.17, 15) is 9.59 Å².